The largest absolute Gasteiger partial charge is 0.365 e. The molecular weight excluding hydrogens is 326 g/mol. The van der Waals surface area contributed by atoms with E-state index in [4.69, 9.17) is 0 Å². The summed E-state index contributed by atoms with van der Waals surface area (Å²) in [7, 11) is 2.01. The minimum absolute atomic E-state index is 0.388. The molecule has 0 aromatic heterocycles. The smallest absolute Gasteiger partial charge is 0.0514 e. The molecule has 0 aliphatic carbocycles. The van der Waals surface area contributed by atoms with Crippen LogP contribution in [0.5, 0.6) is 0 Å². The number of fused-ring (bicyclic) bond motifs is 1. The van der Waals surface area contributed by atoms with Gasteiger partial charge in [0.2, 0.25) is 0 Å². The number of hydrogen-bond donors (Lipinski definition) is 1. The van der Waals surface area contributed by atoms with Crippen LogP contribution < -0.4 is 10.2 Å². The van der Waals surface area contributed by atoms with Crippen LogP contribution in [0.15, 0.2) is 22.7 Å². The van der Waals surface area contributed by atoms with Crippen molar-refractivity contribution in [1.29, 1.82) is 0 Å². The average molecular weight is 352 g/mol. The molecule has 0 spiro atoms. The van der Waals surface area contributed by atoms with Gasteiger partial charge < -0.3 is 10.2 Å². The Kier molecular flexibility index (Phi) is 4.57. The van der Waals surface area contributed by atoms with Crippen LogP contribution in [0.4, 0.5) is 5.69 Å². The van der Waals surface area contributed by atoms with Gasteiger partial charge in [-0.15, -0.1) is 0 Å². The second-order valence-corrected chi connectivity index (χ2v) is 7.37. The van der Waals surface area contributed by atoms with E-state index in [2.05, 4.69) is 63.1 Å². The molecular formula is C17H26BrN3. The standard InChI is InChI=1S/C17H26BrN3/c1-12-10-20-8-4-5-15(20)11-21(12)17-7-6-14(9-16(17)18)13(2)19-3/h6-7,9,12-13,15,19H,4-5,8,10-11H2,1-3H3. The summed E-state index contributed by atoms with van der Waals surface area (Å²) < 4.78 is 1.22. The topological polar surface area (TPSA) is 18.5 Å². The van der Waals surface area contributed by atoms with Gasteiger partial charge in [-0.3, -0.25) is 4.90 Å². The average Bonchev–Trinajstić information content (AvgIpc) is 2.92. The molecule has 3 nitrogen and oxygen atoms in total. The van der Waals surface area contributed by atoms with Crippen molar-refractivity contribution in [2.45, 2.75) is 44.8 Å². The van der Waals surface area contributed by atoms with E-state index < -0.39 is 0 Å². The van der Waals surface area contributed by atoms with Crippen molar-refractivity contribution in [2.24, 2.45) is 0 Å². The SMILES string of the molecule is CNC(C)c1ccc(N2CC3CCCN3CC2C)c(Br)c1. The predicted octanol–water partition coefficient (Wildman–Crippen LogP) is 3.40. The van der Waals surface area contributed by atoms with Gasteiger partial charge in [0.1, 0.15) is 0 Å². The monoisotopic (exact) mass is 351 g/mol. The molecule has 1 aromatic rings. The first-order valence-corrected chi connectivity index (χ1v) is 8.87. The maximum absolute atomic E-state index is 3.80. The van der Waals surface area contributed by atoms with E-state index in [0.717, 1.165) is 6.04 Å². The molecule has 3 rings (SSSR count). The van der Waals surface area contributed by atoms with Crippen molar-refractivity contribution < 1.29 is 0 Å². The second-order valence-electron chi connectivity index (χ2n) is 6.51. The van der Waals surface area contributed by atoms with Crippen molar-refractivity contribution in [3.05, 3.63) is 28.2 Å². The zero-order valence-electron chi connectivity index (χ0n) is 13.3. The fraction of sp³-hybridized carbons (Fsp3) is 0.647. The third-order valence-electron chi connectivity index (χ3n) is 5.15. The number of rotatable bonds is 3. The van der Waals surface area contributed by atoms with Gasteiger partial charge in [0.25, 0.3) is 0 Å². The highest BCUT2D eigenvalue weighted by molar-refractivity contribution is 9.10. The summed E-state index contributed by atoms with van der Waals surface area (Å²) in [6.07, 6.45) is 2.72. The maximum Gasteiger partial charge on any atom is 0.0514 e. The van der Waals surface area contributed by atoms with Crippen LogP contribution in [-0.2, 0) is 0 Å². The van der Waals surface area contributed by atoms with Crippen LogP contribution in [0.2, 0.25) is 0 Å². The number of anilines is 1. The summed E-state index contributed by atoms with van der Waals surface area (Å²) in [4.78, 5) is 5.26. The van der Waals surface area contributed by atoms with Crippen LogP contribution in [0, 0.1) is 0 Å². The second kappa shape index (κ2) is 6.27. The molecule has 0 saturated carbocycles. The molecule has 2 heterocycles. The molecule has 2 aliphatic heterocycles. The Labute approximate surface area is 136 Å². The highest BCUT2D eigenvalue weighted by Crippen LogP contribution is 2.34. The lowest BCUT2D eigenvalue weighted by Gasteiger charge is -2.44. The minimum atomic E-state index is 0.388. The molecule has 1 aromatic carbocycles. The first kappa shape index (κ1) is 15.3. The molecule has 2 fully saturated rings. The van der Waals surface area contributed by atoms with Gasteiger partial charge in [-0.1, -0.05) is 6.07 Å². The lowest BCUT2D eigenvalue weighted by Crippen LogP contribution is -2.55. The molecule has 2 aliphatic rings. The lowest BCUT2D eigenvalue weighted by atomic mass is 10.0. The van der Waals surface area contributed by atoms with Gasteiger partial charge in [0, 0.05) is 35.7 Å². The summed E-state index contributed by atoms with van der Waals surface area (Å²) in [5.41, 5.74) is 2.68. The summed E-state index contributed by atoms with van der Waals surface area (Å²) in [6.45, 7) is 8.21. The Hall–Kier alpha value is -0.580. The van der Waals surface area contributed by atoms with E-state index in [-0.39, 0.29) is 0 Å². The van der Waals surface area contributed by atoms with Crippen molar-refractivity contribution >= 4 is 21.6 Å². The van der Waals surface area contributed by atoms with Gasteiger partial charge in [0.15, 0.2) is 0 Å². The Balaban J connectivity index is 1.82. The minimum Gasteiger partial charge on any atom is -0.365 e. The van der Waals surface area contributed by atoms with Crippen LogP contribution in [0.1, 0.15) is 38.3 Å². The fourth-order valence-corrected chi connectivity index (χ4v) is 4.34. The van der Waals surface area contributed by atoms with Crippen LogP contribution in [-0.4, -0.2) is 43.7 Å². The number of piperazine rings is 1. The molecule has 3 unspecified atom stereocenters. The number of benzene rings is 1. The third kappa shape index (κ3) is 2.99. The zero-order valence-corrected chi connectivity index (χ0v) is 14.9. The number of hydrogen-bond acceptors (Lipinski definition) is 3. The van der Waals surface area contributed by atoms with E-state index in [9.17, 15) is 0 Å². The number of halogens is 1. The van der Waals surface area contributed by atoms with Gasteiger partial charge in [-0.2, -0.15) is 0 Å². The van der Waals surface area contributed by atoms with E-state index in [0.29, 0.717) is 12.1 Å². The lowest BCUT2D eigenvalue weighted by molar-refractivity contribution is 0.203. The van der Waals surface area contributed by atoms with Crippen LogP contribution in [0.25, 0.3) is 0 Å². The summed E-state index contributed by atoms with van der Waals surface area (Å²) in [6, 6.07) is 8.54. The van der Waals surface area contributed by atoms with Crippen molar-refractivity contribution in [2.75, 3.05) is 31.6 Å². The number of nitrogens with zero attached hydrogens (tertiary/aromatic N) is 2. The summed E-state index contributed by atoms with van der Waals surface area (Å²) >= 11 is 3.80. The third-order valence-corrected chi connectivity index (χ3v) is 5.79. The van der Waals surface area contributed by atoms with Crippen molar-refractivity contribution in [1.82, 2.24) is 10.2 Å². The Morgan fingerprint density at radius 3 is 2.86 bits per heavy atom. The molecule has 0 radical (unpaired) electrons. The summed E-state index contributed by atoms with van der Waals surface area (Å²) in [5, 5.41) is 3.31. The highest BCUT2D eigenvalue weighted by atomic mass is 79.9. The van der Waals surface area contributed by atoms with Gasteiger partial charge in [0.05, 0.1) is 5.69 Å². The molecule has 2 saturated heterocycles. The molecule has 116 valence electrons. The highest BCUT2D eigenvalue weighted by Gasteiger charge is 2.34. The molecule has 0 bridgehead atoms. The van der Waals surface area contributed by atoms with E-state index in [1.165, 1.54) is 48.2 Å². The van der Waals surface area contributed by atoms with Gasteiger partial charge in [-0.05, 0) is 73.9 Å². The van der Waals surface area contributed by atoms with Gasteiger partial charge in [-0.25, -0.2) is 0 Å². The molecule has 1 N–H and O–H groups in total. The zero-order chi connectivity index (χ0) is 15.0. The molecule has 3 atom stereocenters. The normalized spacial score (nSPS) is 27.7. The van der Waals surface area contributed by atoms with E-state index >= 15 is 0 Å². The predicted molar refractivity (Wildman–Crippen MR) is 93.0 cm³/mol. The maximum atomic E-state index is 3.80. The molecule has 21 heavy (non-hydrogen) atoms. The van der Waals surface area contributed by atoms with E-state index in [1.807, 2.05) is 7.05 Å². The molecule has 4 heteroatoms. The van der Waals surface area contributed by atoms with Crippen molar-refractivity contribution in [3.63, 3.8) is 0 Å². The quantitative estimate of drug-likeness (QED) is 0.900. The Bertz CT molecular complexity index is 505. The van der Waals surface area contributed by atoms with E-state index in [1.54, 1.807) is 0 Å². The van der Waals surface area contributed by atoms with Crippen LogP contribution >= 0.6 is 15.9 Å². The fourth-order valence-electron chi connectivity index (χ4n) is 3.72. The van der Waals surface area contributed by atoms with Gasteiger partial charge >= 0.3 is 0 Å². The number of nitrogens with one attached hydrogen (secondary N) is 1. The van der Waals surface area contributed by atoms with Crippen LogP contribution in [0.3, 0.4) is 0 Å². The Morgan fingerprint density at radius 2 is 2.14 bits per heavy atom. The Morgan fingerprint density at radius 1 is 1.33 bits per heavy atom. The first-order chi connectivity index (χ1) is 10.1. The first-order valence-electron chi connectivity index (χ1n) is 8.07. The van der Waals surface area contributed by atoms with Crippen molar-refractivity contribution in [3.8, 4) is 0 Å². The summed E-state index contributed by atoms with van der Waals surface area (Å²) in [5.74, 6) is 0. The molecule has 0 amide bonds.